The van der Waals surface area contributed by atoms with Crippen molar-refractivity contribution < 1.29 is 18.0 Å². The van der Waals surface area contributed by atoms with E-state index in [-0.39, 0.29) is 18.2 Å². The fourth-order valence-electron chi connectivity index (χ4n) is 5.16. The Morgan fingerprint density at radius 2 is 1.41 bits per heavy atom. The van der Waals surface area contributed by atoms with Gasteiger partial charge in [-0.25, -0.2) is 8.42 Å². The zero-order chi connectivity index (χ0) is 30.1. The third-order valence-electron chi connectivity index (χ3n) is 7.41. The van der Waals surface area contributed by atoms with E-state index in [1.807, 2.05) is 44.2 Å². The Morgan fingerprint density at radius 3 is 2.05 bits per heavy atom. The minimum Gasteiger partial charge on any atom is -0.354 e. The van der Waals surface area contributed by atoms with E-state index >= 15 is 0 Å². The summed E-state index contributed by atoms with van der Waals surface area (Å²) in [6, 6.07) is 16.6. The van der Waals surface area contributed by atoms with Gasteiger partial charge in [0.05, 0.1) is 17.4 Å². The van der Waals surface area contributed by atoms with Crippen LogP contribution in [0.15, 0.2) is 54.6 Å². The number of carbonyl (C=O) groups is 2. The number of benzene rings is 2. The van der Waals surface area contributed by atoms with Crippen LogP contribution in [0.3, 0.4) is 0 Å². The maximum Gasteiger partial charge on any atom is 0.243 e. The van der Waals surface area contributed by atoms with E-state index in [0.717, 1.165) is 50.8 Å². The highest BCUT2D eigenvalue weighted by Crippen LogP contribution is 2.17. The average Bonchev–Trinajstić information content (AvgIpc) is 2.95. The summed E-state index contributed by atoms with van der Waals surface area (Å²) in [5, 5.41) is 8.72. The molecule has 0 bridgehead atoms. The molecule has 41 heavy (non-hydrogen) atoms. The molecule has 2 unspecified atom stereocenters. The van der Waals surface area contributed by atoms with Crippen molar-refractivity contribution >= 4 is 21.7 Å². The lowest BCUT2D eigenvalue weighted by molar-refractivity contribution is -0.128. The van der Waals surface area contributed by atoms with Gasteiger partial charge in [-0.1, -0.05) is 102 Å². The molecule has 8 heteroatoms. The van der Waals surface area contributed by atoms with E-state index in [1.165, 1.54) is 11.1 Å². The minimum atomic E-state index is -3.60. The van der Waals surface area contributed by atoms with Crippen molar-refractivity contribution in [1.82, 2.24) is 16.0 Å². The summed E-state index contributed by atoms with van der Waals surface area (Å²) < 4.78 is 26.8. The SMILES string of the molecule is CCCC(CNCc1cccc(CC)c1)CNC(=O)C(CS(=O)(=O)C(CCC)CCC)NC(=O)Cc1ccccc1. The van der Waals surface area contributed by atoms with Crippen molar-refractivity contribution in [3.63, 3.8) is 0 Å². The van der Waals surface area contributed by atoms with Crippen LogP contribution in [0, 0.1) is 5.92 Å². The van der Waals surface area contributed by atoms with Crippen LogP contribution in [0.25, 0.3) is 0 Å². The fourth-order valence-corrected chi connectivity index (χ4v) is 7.32. The molecule has 0 aliphatic carbocycles. The molecule has 2 aromatic rings. The molecule has 0 heterocycles. The van der Waals surface area contributed by atoms with Gasteiger partial charge in [0.15, 0.2) is 9.84 Å². The van der Waals surface area contributed by atoms with Crippen LogP contribution in [0.2, 0.25) is 0 Å². The van der Waals surface area contributed by atoms with E-state index in [9.17, 15) is 18.0 Å². The summed E-state index contributed by atoms with van der Waals surface area (Å²) in [5.41, 5.74) is 3.33. The molecule has 0 aliphatic heterocycles. The lowest BCUT2D eigenvalue weighted by atomic mass is 10.0. The van der Waals surface area contributed by atoms with Gasteiger partial charge in [-0.15, -0.1) is 0 Å². The zero-order valence-electron chi connectivity index (χ0n) is 25.5. The van der Waals surface area contributed by atoms with Crippen LogP contribution in [-0.2, 0) is 38.8 Å². The Hall–Kier alpha value is -2.71. The molecule has 0 saturated carbocycles. The molecule has 2 rings (SSSR count). The lowest BCUT2D eigenvalue weighted by Gasteiger charge is -2.24. The van der Waals surface area contributed by atoms with Crippen LogP contribution in [-0.4, -0.2) is 50.4 Å². The maximum absolute atomic E-state index is 13.4. The zero-order valence-corrected chi connectivity index (χ0v) is 26.3. The number of nitrogens with one attached hydrogen (secondary N) is 3. The standard InChI is InChI=1S/C33H51N3O4S/c1-5-13-29(23-34-22-28-19-12-18-26(8-4)20-28)24-35-33(38)31(25-41(39,40)30(14-6-2)15-7-3)36-32(37)21-27-16-10-9-11-17-27/h9-12,16-20,29-31,34H,5-8,13-15,21-25H2,1-4H3,(H,35,38)(H,36,37). The summed E-state index contributed by atoms with van der Waals surface area (Å²) in [5.74, 6) is -1.02. The second-order valence-electron chi connectivity index (χ2n) is 11.0. The van der Waals surface area contributed by atoms with Crippen LogP contribution in [0.5, 0.6) is 0 Å². The van der Waals surface area contributed by atoms with Crippen LogP contribution >= 0.6 is 0 Å². The number of hydrogen-bond acceptors (Lipinski definition) is 5. The van der Waals surface area contributed by atoms with E-state index < -0.39 is 32.8 Å². The number of carbonyl (C=O) groups excluding carboxylic acids is 2. The molecule has 2 atom stereocenters. The number of amides is 2. The van der Waals surface area contributed by atoms with Gasteiger partial charge in [-0.3, -0.25) is 9.59 Å². The second kappa shape index (κ2) is 18.7. The quantitative estimate of drug-likeness (QED) is 0.203. The van der Waals surface area contributed by atoms with Gasteiger partial charge in [0.25, 0.3) is 0 Å². The number of rotatable bonds is 20. The van der Waals surface area contributed by atoms with Crippen molar-refractivity contribution in [2.75, 3.05) is 18.8 Å². The predicted molar refractivity (Wildman–Crippen MR) is 168 cm³/mol. The molecule has 0 saturated heterocycles. The minimum absolute atomic E-state index is 0.0830. The first kappa shape index (κ1) is 34.5. The second-order valence-corrected chi connectivity index (χ2v) is 13.3. The summed E-state index contributed by atoms with van der Waals surface area (Å²) in [7, 11) is -3.60. The fraction of sp³-hybridized carbons (Fsp3) is 0.576. The summed E-state index contributed by atoms with van der Waals surface area (Å²) >= 11 is 0. The Labute approximate surface area is 248 Å². The number of sulfone groups is 1. The molecule has 2 amide bonds. The Kier molecular flexibility index (Phi) is 15.7. The largest absolute Gasteiger partial charge is 0.354 e. The average molecular weight is 586 g/mol. The maximum atomic E-state index is 13.4. The van der Waals surface area contributed by atoms with Crippen molar-refractivity contribution in [2.24, 2.45) is 5.92 Å². The Bertz CT molecular complexity index is 1150. The molecule has 3 N–H and O–H groups in total. The first-order chi connectivity index (χ1) is 19.7. The highest BCUT2D eigenvalue weighted by atomic mass is 32.2. The first-order valence-corrected chi connectivity index (χ1v) is 17.0. The van der Waals surface area contributed by atoms with Crippen molar-refractivity contribution in [1.29, 1.82) is 0 Å². The first-order valence-electron chi connectivity index (χ1n) is 15.3. The molecular formula is C33H51N3O4S. The van der Waals surface area contributed by atoms with Gasteiger partial charge in [0, 0.05) is 13.1 Å². The third kappa shape index (κ3) is 12.8. The summed E-state index contributed by atoms with van der Waals surface area (Å²) in [4.78, 5) is 26.3. The predicted octanol–water partition coefficient (Wildman–Crippen LogP) is 4.98. The molecule has 2 aromatic carbocycles. The Morgan fingerprint density at radius 1 is 0.780 bits per heavy atom. The van der Waals surface area contributed by atoms with Crippen LogP contribution in [0.1, 0.15) is 82.9 Å². The molecule has 228 valence electrons. The van der Waals surface area contributed by atoms with Gasteiger partial charge in [-0.2, -0.15) is 0 Å². The smallest absolute Gasteiger partial charge is 0.243 e. The van der Waals surface area contributed by atoms with Crippen LogP contribution < -0.4 is 16.0 Å². The number of hydrogen-bond donors (Lipinski definition) is 3. The Balaban J connectivity index is 2.08. The topological polar surface area (TPSA) is 104 Å². The number of aryl methyl sites for hydroxylation is 1. The van der Waals surface area contributed by atoms with E-state index in [1.54, 1.807) is 0 Å². The van der Waals surface area contributed by atoms with E-state index in [2.05, 4.69) is 54.1 Å². The molecular weight excluding hydrogens is 534 g/mol. The highest BCUT2D eigenvalue weighted by Gasteiger charge is 2.32. The van der Waals surface area contributed by atoms with Crippen molar-refractivity contribution in [3.8, 4) is 0 Å². The van der Waals surface area contributed by atoms with Crippen molar-refractivity contribution in [3.05, 3.63) is 71.3 Å². The molecule has 0 aromatic heterocycles. The van der Waals surface area contributed by atoms with Gasteiger partial charge in [0.1, 0.15) is 6.04 Å². The molecule has 0 radical (unpaired) electrons. The van der Waals surface area contributed by atoms with E-state index in [0.29, 0.717) is 19.4 Å². The highest BCUT2D eigenvalue weighted by molar-refractivity contribution is 7.92. The van der Waals surface area contributed by atoms with Gasteiger partial charge in [0.2, 0.25) is 11.8 Å². The third-order valence-corrected chi connectivity index (χ3v) is 9.70. The van der Waals surface area contributed by atoms with Gasteiger partial charge >= 0.3 is 0 Å². The van der Waals surface area contributed by atoms with E-state index in [4.69, 9.17) is 0 Å². The van der Waals surface area contributed by atoms with Crippen molar-refractivity contribution in [2.45, 2.75) is 96.9 Å². The normalized spacial score (nSPS) is 13.1. The van der Waals surface area contributed by atoms with Crippen LogP contribution in [0.4, 0.5) is 0 Å². The monoisotopic (exact) mass is 585 g/mol. The summed E-state index contributed by atoms with van der Waals surface area (Å²) in [6.45, 7) is 10.1. The molecule has 0 spiro atoms. The molecule has 0 fully saturated rings. The summed E-state index contributed by atoms with van der Waals surface area (Å²) in [6.07, 6.45) is 5.55. The molecule has 0 aliphatic rings. The van der Waals surface area contributed by atoms with Gasteiger partial charge < -0.3 is 16.0 Å². The lowest BCUT2D eigenvalue weighted by Crippen LogP contribution is -2.52. The van der Waals surface area contributed by atoms with Gasteiger partial charge in [-0.05, 0) is 54.8 Å². The molecule has 7 nitrogen and oxygen atoms in total.